The fourth-order valence-corrected chi connectivity index (χ4v) is 4.89. The first kappa shape index (κ1) is 15.7. The molecule has 0 radical (unpaired) electrons. The van der Waals surface area contributed by atoms with Crippen LogP contribution in [0.1, 0.15) is 6.42 Å². The number of halogens is 1. The van der Waals surface area contributed by atoms with Crippen LogP contribution in [0.2, 0.25) is 5.02 Å². The zero-order chi connectivity index (χ0) is 16.0. The molecule has 0 aliphatic carbocycles. The molecule has 0 aromatic carbocycles. The average molecular weight is 347 g/mol. The normalized spacial score (nSPS) is 29.2. The molecule has 2 saturated heterocycles. The van der Waals surface area contributed by atoms with Crippen LogP contribution < -0.4 is 0 Å². The van der Waals surface area contributed by atoms with Crippen molar-refractivity contribution in [1.82, 2.24) is 9.29 Å². The highest BCUT2D eigenvalue weighted by Gasteiger charge is 2.56. The van der Waals surface area contributed by atoms with Gasteiger partial charge in [0.2, 0.25) is 10.0 Å². The van der Waals surface area contributed by atoms with E-state index in [1.807, 2.05) is 0 Å². The minimum atomic E-state index is -3.82. The Labute approximate surface area is 132 Å². The highest BCUT2D eigenvalue weighted by Crippen LogP contribution is 2.43. The van der Waals surface area contributed by atoms with Gasteiger partial charge >= 0.3 is 5.97 Å². The number of aliphatic carboxylic acids is 1. The molecular weight excluding hydrogens is 332 g/mol. The van der Waals surface area contributed by atoms with E-state index in [1.165, 1.54) is 22.8 Å². The van der Waals surface area contributed by atoms with Crippen molar-refractivity contribution in [2.45, 2.75) is 11.3 Å². The van der Waals surface area contributed by atoms with Crippen molar-refractivity contribution in [2.75, 3.05) is 26.3 Å². The molecule has 0 bridgehead atoms. The monoisotopic (exact) mass is 346 g/mol. The molecule has 2 aliphatic heterocycles. The molecule has 2 fully saturated rings. The van der Waals surface area contributed by atoms with E-state index in [0.717, 1.165) is 0 Å². The third-order valence-corrected chi connectivity index (χ3v) is 6.36. The first-order chi connectivity index (χ1) is 10.4. The van der Waals surface area contributed by atoms with Crippen LogP contribution in [0.4, 0.5) is 0 Å². The van der Waals surface area contributed by atoms with Gasteiger partial charge in [-0.2, -0.15) is 4.31 Å². The van der Waals surface area contributed by atoms with Crippen LogP contribution in [0, 0.1) is 11.3 Å². The van der Waals surface area contributed by atoms with E-state index in [2.05, 4.69) is 4.98 Å². The predicted molar refractivity (Wildman–Crippen MR) is 77.0 cm³/mol. The number of sulfonamides is 1. The third kappa shape index (κ3) is 2.40. The van der Waals surface area contributed by atoms with Gasteiger partial charge in [-0.25, -0.2) is 8.42 Å². The van der Waals surface area contributed by atoms with Crippen molar-refractivity contribution >= 4 is 27.6 Å². The molecule has 1 aromatic rings. The Morgan fingerprint density at radius 3 is 2.91 bits per heavy atom. The maximum Gasteiger partial charge on any atom is 0.313 e. The number of aromatic nitrogens is 1. The van der Waals surface area contributed by atoms with E-state index < -0.39 is 21.4 Å². The molecular formula is C13H15ClN2O5S. The van der Waals surface area contributed by atoms with Crippen LogP contribution in [0.3, 0.4) is 0 Å². The number of carboxylic acids is 1. The number of carboxylic acid groups (broad SMARTS) is 1. The van der Waals surface area contributed by atoms with E-state index in [9.17, 15) is 18.3 Å². The fourth-order valence-electron chi connectivity index (χ4n) is 3.11. The van der Waals surface area contributed by atoms with Crippen LogP contribution in [-0.4, -0.2) is 55.1 Å². The number of fused-ring (bicyclic) bond motifs is 1. The van der Waals surface area contributed by atoms with Crippen molar-refractivity contribution in [3.05, 3.63) is 23.5 Å². The molecule has 0 saturated carbocycles. The molecule has 3 rings (SSSR count). The van der Waals surface area contributed by atoms with E-state index >= 15 is 0 Å². The Morgan fingerprint density at radius 1 is 1.50 bits per heavy atom. The van der Waals surface area contributed by atoms with Crippen molar-refractivity contribution in [3.8, 4) is 0 Å². The lowest BCUT2D eigenvalue weighted by Gasteiger charge is -2.34. The maximum absolute atomic E-state index is 12.7. The SMILES string of the molecule is O=C(O)[C@@]12COCC[C@@H]1CN(S(=O)(=O)c1cncc(Cl)c1)C2. The summed E-state index contributed by atoms with van der Waals surface area (Å²) in [6.07, 6.45) is 3.09. The lowest BCUT2D eigenvalue weighted by atomic mass is 9.76. The summed E-state index contributed by atoms with van der Waals surface area (Å²) in [6, 6.07) is 1.32. The van der Waals surface area contributed by atoms with Gasteiger partial charge in [-0.05, 0) is 18.4 Å². The molecule has 22 heavy (non-hydrogen) atoms. The first-order valence-corrected chi connectivity index (χ1v) is 8.60. The highest BCUT2D eigenvalue weighted by atomic mass is 35.5. The van der Waals surface area contributed by atoms with Gasteiger partial charge < -0.3 is 9.84 Å². The van der Waals surface area contributed by atoms with Crippen LogP contribution in [0.15, 0.2) is 23.4 Å². The van der Waals surface area contributed by atoms with Gasteiger partial charge in [0.25, 0.3) is 0 Å². The molecule has 2 aliphatic rings. The number of carbonyl (C=O) groups is 1. The van der Waals surface area contributed by atoms with E-state index in [4.69, 9.17) is 16.3 Å². The molecule has 7 nitrogen and oxygen atoms in total. The Bertz CT molecular complexity index is 710. The van der Waals surface area contributed by atoms with Crippen LogP contribution in [-0.2, 0) is 19.6 Å². The Balaban J connectivity index is 1.95. The summed E-state index contributed by atoms with van der Waals surface area (Å²) in [5, 5.41) is 9.78. The summed E-state index contributed by atoms with van der Waals surface area (Å²) in [5.74, 6) is -1.26. The molecule has 2 atom stereocenters. The zero-order valence-corrected chi connectivity index (χ0v) is 13.2. The van der Waals surface area contributed by atoms with Gasteiger partial charge in [0.15, 0.2) is 0 Å². The first-order valence-electron chi connectivity index (χ1n) is 6.78. The second-order valence-electron chi connectivity index (χ2n) is 5.64. The lowest BCUT2D eigenvalue weighted by molar-refractivity contribution is -0.159. The standard InChI is InChI=1S/C13H15ClN2O5S/c14-10-3-11(5-15-4-10)22(19,20)16-6-9-1-2-21-8-13(9,7-16)12(17)18/h3-5,9H,1-2,6-8H2,(H,17,18)/t9-,13+/m1/s1. The number of rotatable bonds is 3. The van der Waals surface area contributed by atoms with Crippen molar-refractivity contribution in [3.63, 3.8) is 0 Å². The topological polar surface area (TPSA) is 96.8 Å². The number of ether oxygens (including phenoxy) is 1. The Morgan fingerprint density at radius 2 is 2.27 bits per heavy atom. The Kier molecular flexibility index (Phi) is 3.88. The Hall–Kier alpha value is -1.22. The molecule has 1 N–H and O–H groups in total. The predicted octanol–water partition coefficient (Wildman–Crippen LogP) is 0.847. The molecule has 1 aromatic heterocycles. The van der Waals surface area contributed by atoms with E-state index in [1.54, 1.807) is 0 Å². The molecule has 120 valence electrons. The molecule has 0 amide bonds. The van der Waals surface area contributed by atoms with Crippen LogP contribution in [0.5, 0.6) is 0 Å². The molecule has 9 heteroatoms. The summed E-state index contributed by atoms with van der Waals surface area (Å²) in [4.78, 5) is 15.4. The summed E-state index contributed by atoms with van der Waals surface area (Å²) in [7, 11) is -3.82. The van der Waals surface area contributed by atoms with Gasteiger partial charge in [-0.3, -0.25) is 9.78 Å². The number of pyridine rings is 1. The average Bonchev–Trinajstić information content (AvgIpc) is 2.89. The van der Waals surface area contributed by atoms with Gasteiger partial charge in [0.05, 0.1) is 11.6 Å². The lowest BCUT2D eigenvalue weighted by Crippen LogP contribution is -2.46. The van der Waals surface area contributed by atoms with Crippen molar-refractivity contribution in [2.24, 2.45) is 11.3 Å². The maximum atomic E-state index is 12.7. The second kappa shape index (κ2) is 5.45. The highest BCUT2D eigenvalue weighted by molar-refractivity contribution is 7.89. The van der Waals surface area contributed by atoms with Crippen molar-refractivity contribution in [1.29, 1.82) is 0 Å². The van der Waals surface area contributed by atoms with Gasteiger partial charge in [-0.15, -0.1) is 0 Å². The summed E-state index contributed by atoms with van der Waals surface area (Å²) in [6.45, 7) is 0.561. The largest absolute Gasteiger partial charge is 0.481 e. The molecule has 0 spiro atoms. The van der Waals surface area contributed by atoms with Crippen molar-refractivity contribution < 1.29 is 23.1 Å². The zero-order valence-electron chi connectivity index (χ0n) is 11.6. The summed E-state index contributed by atoms with van der Waals surface area (Å²) in [5.41, 5.74) is -1.17. The second-order valence-corrected chi connectivity index (χ2v) is 8.01. The van der Waals surface area contributed by atoms with E-state index in [-0.39, 0.29) is 35.5 Å². The van der Waals surface area contributed by atoms with Gasteiger partial charge in [-0.1, -0.05) is 11.6 Å². The van der Waals surface area contributed by atoms with Crippen LogP contribution in [0.25, 0.3) is 0 Å². The van der Waals surface area contributed by atoms with Crippen LogP contribution >= 0.6 is 11.6 Å². The van der Waals surface area contributed by atoms with Gasteiger partial charge in [0, 0.05) is 32.1 Å². The third-order valence-electron chi connectivity index (χ3n) is 4.38. The van der Waals surface area contributed by atoms with Gasteiger partial charge in [0.1, 0.15) is 10.3 Å². The number of hydrogen-bond donors (Lipinski definition) is 1. The summed E-state index contributed by atoms with van der Waals surface area (Å²) < 4.78 is 31.9. The minimum absolute atomic E-state index is 0.0277. The number of hydrogen-bond acceptors (Lipinski definition) is 5. The summed E-state index contributed by atoms with van der Waals surface area (Å²) >= 11 is 5.80. The minimum Gasteiger partial charge on any atom is -0.481 e. The quantitative estimate of drug-likeness (QED) is 0.871. The molecule has 0 unspecified atom stereocenters. The smallest absolute Gasteiger partial charge is 0.313 e. The molecule has 3 heterocycles. The fraction of sp³-hybridized carbons (Fsp3) is 0.538. The van der Waals surface area contributed by atoms with E-state index in [0.29, 0.717) is 13.0 Å². The number of nitrogens with zero attached hydrogens (tertiary/aromatic N) is 2.